The molecule has 158 valence electrons. The number of aromatic nitrogens is 2. The van der Waals surface area contributed by atoms with Gasteiger partial charge in [0, 0.05) is 47.9 Å². The van der Waals surface area contributed by atoms with E-state index in [1.165, 1.54) is 30.1 Å². The van der Waals surface area contributed by atoms with Gasteiger partial charge >= 0.3 is 0 Å². The number of nitro groups is 1. The predicted octanol–water partition coefficient (Wildman–Crippen LogP) is 2.08. The highest BCUT2D eigenvalue weighted by atomic mass is 32.2. The minimum atomic E-state index is -0.459. The molecule has 0 unspecified atom stereocenters. The third kappa shape index (κ3) is 5.97. The minimum Gasteiger partial charge on any atom is -0.378 e. The van der Waals surface area contributed by atoms with Gasteiger partial charge in [-0.2, -0.15) is 5.10 Å². The number of carbonyl (C=O) groups is 1. The van der Waals surface area contributed by atoms with Gasteiger partial charge in [0.1, 0.15) is 0 Å². The van der Waals surface area contributed by atoms with E-state index in [9.17, 15) is 14.9 Å². The maximum absolute atomic E-state index is 12.1. The number of nitro benzene ring substituents is 1. The van der Waals surface area contributed by atoms with Crippen molar-refractivity contribution in [1.29, 1.82) is 0 Å². The van der Waals surface area contributed by atoms with E-state index in [1.807, 2.05) is 19.9 Å². The van der Waals surface area contributed by atoms with Crippen LogP contribution >= 0.6 is 11.8 Å². The highest BCUT2D eigenvalue weighted by molar-refractivity contribution is 7.99. The molecule has 2 aromatic rings. The molecule has 3 rings (SSSR count). The lowest BCUT2D eigenvalue weighted by atomic mass is 10.1. The number of thioether (sulfide) groups is 1. The number of anilines is 1. The summed E-state index contributed by atoms with van der Waals surface area (Å²) in [6.07, 6.45) is 1.42. The molecule has 1 aromatic carbocycles. The van der Waals surface area contributed by atoms with Crippen molar-refractivity contribution in [3.8, 4) is 0 Å². The first kappa shape index (κ1) is 21.7. The van der Waals surface area contributed by atoms with Crippen molar-refractivity contribution in [3.05, 3.63) is 51.3 Å². The Morgan fingerprint density at radius 3 is 2.67 bits per heavy atom. The minimum absolute atomic E-state index is 0.0395. The predicted molar refractivity (Wildman–Crippen MR) is 114 cm³/mol. The Morgan fingerprint density at radius 1 is 1.30 bits per heavy atom. The molecule has 30 heavy (non-hydrogen) atoms. The van der Waals surface area contributed by atoms with Crippen LogP contribution in [0.15, 0.2) is 34.5 Å². The van der Waals surface area contributed by atoms with Crippen LogP contribution in [0.25, 0.3) is 0 Å². The molecule has 0 aliphatic carbocycles. The van der Waals surface area contributed by atoms with E-state index < -0.39 is 4.92 Å². The highest BCUT2D eigenvalue weighted by Crippen LogP contribution is 2.25. The van der Waals surface area contributed by atoms with E-state index in [4.69, 9.17) is 4.74 Å². The maximum atomic E-state index is 12.1. The van der Waals surface area contributed by atoms with Crippen LogP contribution in [-0.4, -0.2) is 59.1 Å². The molecule has 0 saturated carbocycles. The van der Waals surface area contributed by atoms with Crippen LogP contribution in [0.4, 0.5) is 11.4 Å². The van der Waals surface area contributed by atoms with Crippen LogP contribution in [0.5, 0.6) is 0 Å². The zero-order valence-corrected chi connectivity index (χ0v) is 17.5. The second-order valence-electron chi connectivity index (χ2n) is 6.61. The number of ether oxygens (including phenoxy) is 1. The van der Waals surface area contributed by atoms with Gasteiger partial charge in [-0.3, -0.25) is 14.9 Å². The molecule has 1 N–H and O–H groups in total. The molecule has 1 aromatic heterocycles. The number of benzene rings is 1. The normalized spacial score (nSPS) is 14.1. The first-order valence-electron chi connectivity index (χ1n) is 9.30. The number of hydrazone groups is 1. The van der Waals surface area contributed by atoms with Crippen LogP contribution in [-0.2, 0) is 9.53 Å². The fourth-order valence-corrected chi connectivity index (χ4v) is 3.69. The van der Waals surface area contributed by atoms with E-state index >= 15 is 0 Å². The number of non-ortho nitro benzene ring substituents is 1. The molecule has 1 aliphatic heterocycles. The summed E-state index contributed by atoms with van der Waals surface area (Å²) in [4.78, 5) is 33.4. The summed E-state index contributed by atoms with van der Waals surface area (Å²) in [5.41, 5.74) is 5.44. The lowest BCUT2D eigenvalue weighted by Crippen LogP contribution is -2.36. The molecule has 0 spiro atoms. The van der Waals surface area contributed by atoms with E-state index in [0.717, 1.165) is 17.1 Å². The number of hydrogen-bond donors (Lipinski definition) is 1. The Morgan fingerprint density at radius 2 is 2.00 bits per heavy atom. The number of amides is 1. The fourth-order valence-electron chi connectivity index (χ4n) is 2.95. The number of nitrogens with one attached hydrogen (secondary N) is 1. The van der Waals surface area contributed by atoms with Crippen LogP contribution < -0.4 is 10.3 Å². The van der Waals surface area contributed by atoms with E-state index in [-0.39, 0.29) is 17.3 Å². The second-order valence-corrected chi connectivity index (χ2v) is 7.56. The zero-order chi connectivity index (χ0) is 21.5. The summed E-state index contributed by atoms with van der Waals surface area (Å²) >= 11 is 1.22. The molecule has 0 bridgehead atoms. The average molecular weight is 430 g/mol. The van der Waals surface area contributed by atoms with Crippen molar-refractivity contribution in [2.75, 3.05) is 37.0 Å². The van der Waals surface area contributed by atoms with Crippen molar-refractivity contribution < 1.29 is 14.5 Å². The van der Waals surface area contributed by atoms with E-state index in [1.54, 1.807) is 6.07 Å². The van der Waals surface area contributed by atoms with Crippen molar-refractivity contribution >= 4 is 35.3 Å². The average Bonchev–Trinajstić information content (AvgIpc) is 2.72. The van der Waals surface area contributed by atoms with Gasteiger partial charge in [-0.1, -0.05) is 11.8 Å². The Bertz CT molecular complexity index is 942. The molecule has 1 fully saturated rings. The van der Waals surface area contributed by atoms with Gasteiger partial charge in [-0.05, 0) is 26.0 Å². The summed E-state index contributed by atoms with van der Waals surface area (Å²) < 4.78 is 5.36. The van der Waals surface area contributed by atoms with Gasteiger partial charge in [0.2, 0.25) is 0 Å². The van der Waals surface area contributed by atoms with Crippen LogP contribution in [0, 0.1) is 24.0 Å². The van der Waals surface area contributed by atoms with Gasteiger partial charge in [0.25, 0.3) is 11.6 Å². The summed E-state index contributed by atoms with van der Waals surface area (Å²) in [5, 5.41) is 15.6. The number of rotatable bonds is 7. The topological polar surface area (TPSA) is 123 Å². The number of carbonyl (C=O) groups excluding carboxylic acids is 1. The van der Waals surface area contributed by atoms with Gasteiger partial charge < -0.3 is 9.64 Å². The molecule has 1 aliphatic rings. The molecular weight excluding hydrogens is 408 g/mol. The van der Waals surface area contributed by atoms with Crippen LogP contribution in [0.2, 0.25) is 0 Å². The van der Waals surface area contributed by atoms with Crippen LogP contribution in [0.1, 0.15) is 17.0 Å². The Hall–Kier alpha value is -3.05. The molecule has 0 radical (unpaired) electrons. The monoisotopic (exact) mass is 430 g/mol. The molecule has 1 amide bonds. The molecule has 11 heteroatoms. The highest BCUT2D eigenvalue weighted by Gasteiger charge is 2.17. The largest absolute Gasteiger partial charge is 0.378 e. The Labute approximate surface area is 177 Å². The zero-order valence-electron chi connectivity index (χ0n) is 16.7. The summed E-state index contributed by atoms with van der Waals surface area (Å²) in [6, 6.07) is 6.46. The van der Waals surface area contributed by atoms with Crippen molar-refractivity contribution in [2.24, 2.45) is 5.10 Å². The molecule has 1 saturated heterocycles. The summed E-state index contributed by atoms with van der Waals surface area (Å²) in [5.74, 6) is -0.219. The summed E-state index contributed by atoms with van der Waals surface area (Å²) in [7, 11) is 0. The first-order chi connectivity index (χ1) is 14.4. The fraction of sp³-hybridized carbons (Fsp3) is 0.368. The van der Waals surface area contributed by atoms with Crippen molar-refractivity contribution in [3.63, 3.8) is 0 Å². The molecular formula is C19H22N6O4S. The standard InChI is InChI=1S/C19H22N6O4S/c1-13-9-14(2)22-19(21-13)30-12-18(26)23-20-11-15-10-16(25(27)28)3-4-17(15)24-5-7-29-8-6-24/h3-4,9-11H,5-8,12H2,1-2H3,(H,23,26). The van der Waals surface area contributed by atoms with Crippen LogP contribution in [0.3, 0.4) is 0 Å². The molecule has 2 heterocycles. The SMILES string of the molecule is Cc1cc(C)nc(SCC(=O)NN=Cc2cc([N+](=O)[O-])ccc2N2CCOCC2)n1. The Kier molecular flexibility index (Phi) is 7.31. The number of hydrogen-bond acceptors (Lipinski definition) is 9. The molecule has 10 nitrogen and oxygen atoms in total. The van der Waals surface area contributed by atoms with Gasteiger partial charge in [-0.25, -0.2) is 15.4 Å². The lowest BCUT2D eigenvalue weighted by Gasteiger charge is -2.29. The second kappa shape index (κ2) is 10.1. The van der Waals surface area contributed by atoms with Crippen molar-refractivity contribution in [1.82, 2.24) is 15.4 Å². The number of aryl methyl sites for hydroxylation is 2. The number of morpholine rings is 1. The molecule has 0 atom stereocenters. The first-order valence-corrected chi connectivity index (χ1v) is 10.3. The van der Waals surface area contributed by atoms with Gasteiger partial charge in [0.15, 0.2) is 5.16 Å². The quantitative estimate of drug-likeness (QED) is 0.233. The van der Waals surface area contributed by atoms with Gasteiger partial charge in [-0.15, -0.1) is 0 Å². The summed E-state index contributed by atoms with van der Waals surface area (Å²) in [6.45, 7) is 6.27. The third-order valence-corrected chi connectivity index (χ3v) is 5.11. The van der Waals surface area contributed by atoms with E-state index in [0.29, 0.717) is 37.0 Å². The van der Waals surface area contributed by atoms with E-state index in [2.05, 4.69) is 25.4 Å². The Balaban J connectivity index is 1.65. The maximum Gasteiger partial charge on any atom is 0.270 e. The third-order valence-electron chi connectivity index (χ3n) is 4.26. The lowest BCUT2D eigenvalue weighted by molar-refractivity contribution is -0.384. The van der Waals surface area contributed by atoms with Gasteiger partial charge in [0.05, 0.1) is 30.1 Å². The number of nitrogens with zero attached hydrogens (tertiary/aromatic N) is 5. The van der Waals surface area contributed by atoms with Crippen molar-refractivity contribution in [2.45, 2.75) is 19.0 Å². The smallest absolute Gasteiger partial charge is 0.270 e.